The molecule has 0 spiro atoms. The fraction of sp³-hybridized carbons (Fsp3) is 0.696. The van der Waals surface area contributed by atoms with Crippen LogP contribution in [0.4, 0.5) is 0 Å². The van der Waals surface area contributed by atoms with Crippen LogP contribution < -0.4 is 5.73 Å². The first-order valence-electron chi connectivity index (χ1n) is 32.4. The summed E-state index contributed by atoms with van der Waals surface area (Å²) in [6.45, 7) is 49.6. The molecule has 3 aromatic rings. The average molecular weight is 1710 g/mol. The van der Waals surface area contributed by atoms with E-state index in [0.29, 0.717) is 17.9 Å². The molecule has 594 valence electrons. The minimum atomic E-state index is -0.983. The molecule has 0 radical (unpaired) electrons. The Morgan fingerprint density at radius 2 is 0.932 bits per heavy atom. The number of aryl methyl sites for hydroxylation is 2. The molecule has 10 atom stereocenters. The lowest BCUT2D eigenvalue weighted by Gasteiger charge is -2.18. The molecular weight excluding hydrogens is 1580 g/mol. The van der Waals surface area contributed by atoms with Crippen LogP contribution in [0.1, 0.15) is 231 Å². The molecule has 0 bridgehead atoms. The van der Waals surface area contributed by atoms with Crippen molar-refractivity contribution in [2.75, 3.05) is 49.7 Å². The topological polar surface area (TPSA) is 420 Å². The molecule has 3 heterocycles. The zero-order valence-electron chi connectivity index (χ0n) is 67.6. The van der Waals surface area contributed by atoms with Crippen molar-refractivity contribution in [3.05, 3.63) is 52.1 Å². The standard InChI is InChI=1S/C11H21N3.C10H17N3O2.C9H14IN3O2.C7H12O4.C6H11N3O2.C6H13NO2.C4H9NO2.C3H4Br2.C3H8.2C3H4.C2H4O2.C2H4O/c1-7(2)10-11(8(3)4)14(9(5)6)13-12-10;1-6(10(14)15-5)8(3)13-9(4)7(2)11-12-13;1-5(9(14)15-4)7(3)13-8(10)6(2)11-12-13;1-4(6(8)9)5(2)7(10)11-3;1-4(6(10)11-3)5(2)8-9-7;1-4(5(2)7)6(8)9-3;1-4(6)5(2)7-3;1-2-3(4)5;3*1-3-2;1-2(3)4;1-2-3/h7-9H,1-6H3;6,8H,1-5H3;5,7H,1-4H3;4-5H,1-3H3,(H,8,9);4-5H,1-3H3;4-5H,7H2,1-3H3;1-3H3;2H,1H3;3H2,1-2H3;2*1H,2H3;1H3,(H,3,4);2H,1H3. The number of methoxy groups -OCH3 is 5. The Balaban J connectivity index is -0.000000118. The highest BCUT2D eigenvalue weighted by Gasteiger charge is 2.28. The van der Waals surface area contributed by atoms with Gasteiger partial charge in [-0.25, -0.2) is 19.1 Å². The lowest BCUT2D eigenvalue weighted by Crippen LogP contribution is -2.31. The maximum Gasteiger partial charge on any atom is 0.310 e. The molecule has 0 aliphatic rings. The number of carboxylic acid groups (broad SMARTS) is 2. The third kappa shape index (κ3) is 59.7. The van der Waals surface area contributed by atoms with Gasteiger partial charge in [0.25, 0.3) is 5.97 Å². The third-order valence-corrected chi connectivity index (χ3v) is 15.4. The molecule has 10 unspecified atom stereocenters. The number of ether oxygens (including phenoxy) is 5. The van der Waals surface area contributed by atoms with Gasteiger partial charge in [-0.3, -0.25) is 43.2 Å². The lowest BCUT2D eigenvalue weighted by atomic mass is 9.97. The average Bonchev–Trinajstić information content (AvgIpc) is 1.70. The second-order valence-corrected chi connectivity index (χ2v) is 26.4. The van der Waals surface area contributed by atoms with Crippen molar-refractivity contribution in [3.63, 3.8) is 0 Å². The van der Waals surface area contributed by atoms with E-state index in [1.165, 1.54) is 82.5 Å². The molecule has 1 amide bonds. The summed E-state index contributed by atoms with van der Waals surface area (Å²) in [6.07, 6.45) is 13.1. The molecule has 0 aliphatic heterocycles. The number of azide groups is 1. The number of carbonyl (C=O) groups excluding carboxylic acids is 7. The highest BCUT2D eigenvalue weighted by molar-refractivity contribution is 14.1. The molecule has 34 heteroatoms. The van der Waals surface area contributed by atoms with Gasteiger partial charge >= 0.3 is 35.8 Å². The highest BCUT2D eigenvalue weighted by Crippen LogP contribution is 2.26. The first-order valence-corrected chi connectivity index (χ1v) is 35.1. The van der Waals surface area contributed by atoms with Crippen molar-refractivity contribution in [2.45, 2.75) is 235 Å². The molecule has 0 fully saturated rings. The Labute approximate surface area is 644 Å². The molecule has 3 aromatic heterocycles. The number of amides is 1. The van der Waals surface area contributed by atoms with E-state index in [0.717, 1.165) is 48.1 Å². The number of hydrogen-bond donors (Lipinski definition) is 3. The van der Waals surface area contributed by atoms with Crippen LogP contribution in [0.3, 0.4) is 0 Å². The minimum Gasteiger partial charge on any atom is -0.481 e. The van der Waals surface area contributed by atoms with Crippen molar-refractivity contribution in [1.82, 2.24) is 50.0 Å². The number of terminal acetylenes is 2. The molecule has 103 heavy (non-hydrogen) atoms. The number of carboxylic acids is 2. The minimum absolute atomic E-state index is 0.0429. The van der Waals surface area contributed by atoms with Crippen LogP contribution in [0.25, 0.3) is 10.4 Å². The number of allylic oxidation sites excluding steroid dienone is 1. The molecule has 4 N–H and O–H groups in total. The molecule has 0 saturated heterocycles. The van der Waals surface area contributed by atoms with Crippen LogP contribution in [0, 0.1) is 84.7 Å². The summed E-state index contributed by atoms with van der Waals surface area (Å²) in [7, 11) is 9.70. The van der Waals surface area contributed by atoms with E-state index in [1.54, 1.807) is 58.0 Å². The van der Waals surface area contributed by atoms with Crippen molar-refractivity contribution < 1.29 is 81.9 Å². The molecule has 31 nitrogen and oxygen atoms in total. The molecule has 0 aliphatic carbocycles. The van der Waals surface area contributed by atoms with Crippen LogP contribution in [0.15, 0.2) is 14.6 Å². The fourth-order valence-corrected chi connectivity index (χ4v) is 6.63. The van der Waals surface area contributed by atoms with E-state index >= 15 is 0 Å². The maximum absolute atomic E-state index is 11.4. The second kappa shape index (κ2) is 71.6. The van der Waals surface area contributed by atoms with Crippen LogP contribution in [0.2, 0.25) is 0 Å². The zero-order chi connectivity index (χ0) is 83.9. The van der Waals surface area contributed by atoms with Gasteiger partial charge in [0, 0.05) is 43.9 Å². The summed E-state index contributed by atoms with van der Waals surface area (Å²) in [5.74, 6) is -0.323. The Hall–Kier alpha value is -7.37. The fourth-order valence-electron chi connectivity index (χ4n) is 5.98. The summed E-state index contributed by atoms with van der Waals surface area (Å²) in [6, 6.07) is -0.179. The van der Waals surface area contributed by atoms with E-state index in [9.17, 15) is 33.6 Å². The largest absolute Gasteiger partial charge is 0.481 e. The van der Waals surface area contributed by atoms with Gasteiger partial charge in [0.2, 0.25) is 5.91 Å². The van der Waals surface area contributed by atoms with Crippen LogP contribution in [-0.2, 0) is 71.7 Å². The van der Waals surface area contributed by atoms with Gasteiger partial charge in [-0.15, -0.1) is 40.0 Å². The normalized spacial score (nSPS) is 12.1. The summed E-state index contributed by atoms with van der Waals surface area (Å²) in [5.41, 5.74) is 18.6. The number of rotatable bonds is 18. The number of hydroxylamine groups is 2. The Morgan fingerprint density at radius 1 is 0.621 bits per heavy atom. The van der Waals surface area contributed by atoms with Crippen molar-refractivity contribution in [1.29, 1.82) is 0 Å². The highest BCUT2D eigenvalue weighted by atomic mass is 127. The number of nitrogens with two attached hydrogens (primary N) is 1. The van der Waals surface area contributed by atoms with Gasteiger partial charge < -0.3 is 44.4 Å². The number of nitrogens with zero attached hydrogens (tertiary/aromatic N) is 13. The lowest BCUT2D eigenvalue weighted by molar-refractivity contribution is -0.166. The summed E-state index contributed by atoms with van der Waals surface area (Å²) < 4.78 is 30.2. The number of halogens is 3. The van der Waals surface area contributed by atoms with Gasteiger partial charge in [-0.05, 0) is 169 Å². The third-order valence-electron chi connectivity index (χ3n) is 13.2. The van der Waals surface area contributed by atoms with Gasteiger partial charge in [0.15, 0.2) is 0 Å². The van der Waals surface area contributed by atoms with E-state index in [4.69, 9.17) is 40.5 Å². The quantitative estimate of drug-likeness (QED) is 0.0122. The number of carbonyl (C=O) groups is 9. The first kappa shape index (κ1) is 117. The Kier molecular flexibility index (Phi) is 81.2. The molecule has 0 saturated carbocycles. The molecule has 3 rings (SSSR count). The summed E-state index contributed by atoms with van der Waals surface area (Å²) in [4.78, 5) is 100. The van der Waals surface area contributed by atoms with E-state index in [-0.39, 0.29) is 77.6 Å². The smallest absolute Gasteiger partial charge is 0.310 e. The first-order chi connectivity index (χ1) is 47.5. The number of aldehydes is 1. The Morgan fingerprint density at radius 3 is 1.16 bits per heavy atom. The zero-order valence-corrected chi connectivity index (χ0v) is 72.9. The molecule has 0 aromatic carbocycles. The predicted octanol–water partition coefficient (Wildman–Crippen LogP) is 13.7. The van der Waals surface area contributed by atoms with Crippen molar-refractivity contribution >= 4 is 108 Å². The van der Waals surface area contributed by atoms with Gasteiger partial charge in [0.05, 0.1) is 122 Å². The van der Waals surface area contributed by atoms with Gasteiger partial charge in [-0.2, -0.15) is 0 Å². The van der Waals surface area contributed by atoms with Gasteiger partial charge in [-0.1, -0.05) is 109 Å². The number of esters is 5. The van der Waals surface area contributed by atoms with E-state index in [2.05, 4.69) is 195 Å². The van der Waals surface area contributed by atoms with Gasteiger partial charge in [0.1, 0.15) is 9.99 Å². The van der Waals surface area contributed by atoms with Crippen LogP contribution in [0.5, 0.6) is 0 Å². The predicted molar refractivity (Wildman–Crippen MR) is 417 cm³/mol. The number of aromatic nitrogens is 9. The maximum atomic E-state index is 11.4. The van der Waals surface area contributed by atoms with E-state index < -0.39 is 29.7 Å². The van der Waals surface area contributed by atoms with Crippen LogP contribution >= 0.6 is 54.5 Å². The second-order valence-electron chi connectivity index (χ2n) is 22.6. The SMILES string of the molecule is C#CC.C#CC.CC(=O)O.CC(C)c1nnn(C(C)C)c1C(C)C.CC=C(Br)Br.CC=O.CCC.COC(=O)C(C)C(C)C(=O)O.COC(=O)C(C)C(C)N.COC(=O)C(C)C(C)N=[N+]=[N-].COC(=O)C(C)C(C)n1nnc(C)c1C.COC(=O)C(C)C(C)n1nnc(C)c1I.CON(C)C(C)=O. The number of aliphatic carboxylic acids is 2. The number of hydrogen-bond acceptors (Lipinski definition) is 23. The van der Waals surface area contributed by atoms with Crippen molar-refractivity contribution in [2.24, 2.45) is 46.4 Å². The summed E-state index contributed by atoms with van der Waals surface area (Å²) in [5, 5.41) is 44.9. The van der Waals surface area contributed by atoms with Crippen LogP contribution in [-0.4, -0.2) is 176 Å². The van der Waals surface area contributed by atoms with E-state index in [1.807, 2.05) is 66.1 Å². The Bertz CT molecular complexity index is 2830. The van der Waals surface area contributed by atoms with Crippen molar-refractivity contribution in [3.8, 4) is 24.7 Å². The molecular formula is C69H125Br2IN14O17. The monoisotopic (exact) mass is 1710 g/mol. The summed E-state index contributed by atoms with van der Waals surface area (Å²) >= 11 is 8.47.